The van der Waals surface area contributed by atoms with E-state index < -0.39 is 11.9 Å². The number of aliphatic carboxylic acids is 2. The fourth-order valence-corrected chi connectivity index (χ4v) is 2.17. The Balaban J connectivity index is 0.000000307. The van der Waals surface area contributed by atoms with Crippen molar-refractivity contribution in [3.63, 3.8) is 0 Å². The number of aromatic amines is 1. The summed E-state index contributed by atoms with van der Waals surface area (Å²) in [5.41, 5.74) is 8.98. The van der Waals surface area contributed by atoms with Gasteiger partial charge in [-0.3, -0.25) is 5.10 Å². The average Bonchev–Trinajstić information content (AvgIpc) is 2.89. The molecule has 0 spiro atoms. The van der Waals surface area contributed by atoms with Gasteiger partial charge >= 0.3 is 11.9 Å². The number of H-pyrrole nitrogens is 1. The highest BCUT2D eigenvalue weighted by Crippen LogP contribution is 2.28. The van der Waals surface area contributed by atoms with Gasteiger partial charge in [0, 0.05) is 41.3 Å². The van der Waals surface area contributed by atoms with E-state index in [0.717, 1.165) is 34.3 Å². The third-order valence-electron chi connectivity index (χ3n) is 3.12. The first kappa shape index (κ1) is 19.2. The SMILES string of the molecule is COc1ccc2n[nH]c(CC(C)N)c2c1C.O=C(O)/C=C/C(=O)O. The number of hydrogen-bond acceptors (Lipinski definition) is 5. The summed E-state index contributed by atoms with van der Waals surface area (Å²) < 4.78 is 5.31. The molecule has 130 valence electrons. The highest BCUT2D eigenvalue weighted by Gasteiger charge is 2.12. The van der Waals surface area contributed by atoms with Crippen LogP contribution in [-0.2, 0) is 16.0 Å². The van der Waals surface area contributed by atoms with E-state index in [1.54, 1.807) is 7.11 Å². The van der Waals surface area contributed by atoms with Crippen LogP contribution in [0, 0.1) is 6.92 Å². The van der Waals surface area contributed by atoms with Gasteiger partial charge in [-0.05, 0) is 26.0 Å². The van der Waals surface area contributed by atoms with Crippen molar-refractivity contribution in [3.8, 4) is 5.75 Å². The number of nitrogens with zero attached hydrogens (tertiary/aromatic N) is 1. The topological polar surface area (TPSA) is 139 Å². The Hall–Kier alpha value is -2.87. The quantitative estimate of drug-likeness (QED) is 0.607. The second-order valence-corrected chi connectivity index (χ2v) is 5.18. The molecule has 5 N–H and O–H groups in total. The number of carboxylic acids is 2. The Kier molecular flexibility index (Phi) is 6.94. The van der Waals surface area contributed by atoms with Crippen LogP contribution < -0.4 is 10.5 Å². The van der Waals surface area contributed by atoms with E-state index in [4.69, 9.17) is 20.7 Å². The smallest absolute Gasteiger partial charge is 0.328 e. The summed E-state index contributed by atoms with van der Waals surface area (Å²) >= 11 is 0. The average molecular weight is 335 g/mol. The molecule has 0 amide bonds. The fraction of sp³-hybridized carbons (Fsp3) is 0.312. The maximum Gasteiger partial charge on any atom is 0.328 e. The van der Waals surface area contributed by atoms with Crippen LogP contribution in [0.4, 0.5) is 0 Å². The minimum atomic E-state index is -1.26. The lowest BCUT2D eigenvalue weighted by Crippen LogP contribution is -2.18. The number of carboxylic acid groups (broad SMARTS) is 2. The fourth-order valence-electron chi connectivity index (χ4n) is 2.17. The van der Waals surface area contributed by atoms with Gasteiger partial charge in [-0.15, -0.1) is 0 Å². The third-order valence-corrected chi connectivity index (χ3v) is 3.12. The van der Waals surface area contributed by atoms with E-state index in [2.05, 4.69) is 10.2 Å². The van der Waals surface area contributed by atoms with Crippen LogP contribution in [0.25, 0.3) is 10.9 Å². The highest BCUT2D eigenvalue weighted by molar-refractivity contribution is 5.89. The van der Waals surface area contributed by atoms with Gasteiger partial charge in [-0.1, -0.05) is 0 Å². The number of rotatable bonds is 5. The lowest BCUT2D eigenvalue weighted by atomic mass is 10.0. The summed E-state index contributed by atoms with van der Waals surface area (Å²) in [6, 6.07) is 4.02. The zero-order chi connectivity index (χ0) is 18.3. The maximum atomic E-state index is 9.55. The molecule has 0 fully saturated rings. The molecule has 1 unspecified atom stereocenters. The second kappa shape index (κ2) is 8.68. The van der Waals surface area contributed by atoms with Gasteiger partial charge in [0.15, 0.2) is 0 Å². The zero-order valence-electron chi connectivity index (χ0n) is 13.7. The van der Waals surface area contributed by atoms with Gasteiger partial charge in [-0.25, -0.2) is 9.59 Å². The molecule has 0 aliphatic rings. The van der Waals surface area contributed by atoms with Crippen LogP contribution in [0.15, 0.2) is 24.3 Å². The van der Waals surface area contributed by atoms with Crippen LogP contribution in [-0.4, -0.2) is 45.5 Å². The molecule has 2 aromatic rings. The van der Waals surface area contributed by atoms with E-state index in [-0.39, 0.29) is 6.04 Å². The lowest BCUT2D eigenvalue weighted by Gasteiger charge is -2.07. The molecule has 1 aromatic carbocycles. The van der Waals surface area contributed by atoms with Crippen LogP contribution >= 0.6 is 0 Å². The van der Waals surface area contributed by atoms with E-state index in [1.807, 2.05) is 26.0 Å². The number of hydrogen-bond donors (Lipinski definition) is 4. The molecular formula is C16H21N3O5. The van der Waals surface area contributed by atoms with Crippen molar-refractivity contribution in [2.24, 2.45) is 5.73 Å². The first-order valence-corrected chi connectivity index (χ1v) is 7.16. The summed E-state index contributed by atoms with van der Waals surface area (Å²) in [5, 5.41) is 24.1. The number of nitrogens with one attached hydrogen (secondary N) is 1. The number of aryl methyl sites for hydroxylation is 1. The molecule has 8 nitrogen and oxygen atoms in total. The summed E-state index contributed by atoms with van der Waals surface area (Å²) in [7, 11) is 1.68. The van der Waals surface area contributed by atoms with Gasteiger partial charge in [0.2, 0.25) is 0 Å². The monoisotopic (exact) mass is 335 g/mol. The Bertz CT molecular complexity index is 733. The predicted molar refractivity (Wildman–Crippen MR) is 89.1 cm³/mol. The molecule has 0 aliphatic heterocycles. The number of carbonyl (C=O) groups is 2. The minimum Gasteiger partial charge on any atom is -0.496 e. The van der Waals surface area contributed by atoms with Gasteiger partial charge in [0.05, 0.1) is 12.6 Å². The number of benzene rings is 1. The van der Waals surface area contributed by atoms with Crippen LogP contribution in [0.1, 0.15) is 18.2 Å². The summed E-state index contributed by atoms with van der Waals surface area (Å²) in [6.45, 7) is 4.03. The summed E-state index contributed by atoms with van der Waals surface area (Å²) in [6.07, 6.45) is 1.91. The molecule has 1 aromatic heterocycles. The summed E-state index contributed by atoms with van der Waals surface area (Å²) in [5.74, 6) is -1.63. The van der Waals surface area contributed by atoms with E-state index >= 15 is 0 Å². The Morgan fingerprint density at radius 1 is 1.33 bits per heavy atom. The lowest BCUT2D eigenvalue weighted by molar-refractivity contribution is -0.134. The molecule has 0 saturated carbocycles. The van der Waals surface area contributed by atoms with Crippen molar-refractivity contribution in [3.05, 3.63) is 35.5 Å². The minimum absolute atomic E-state index is 0.120. The largest absolute Gasteiger partial charge is 0.496 e. The maximum absolute atomic E-state index is 9.55. The number of methoxy groups -OCH3 is 1. The van der Waals surface area contributed by atoms with E-state index in [9.17, 15) is 9.59 Å². The number of aromatic nitrogens is 2. The zero-order valence-corrected chi connectivity index (χ0v) is 13.7. The first-order valence-electron chi connectivity index (χ1n) is 7.16. The van der Waals surface area contributed by atoms with Crippen molar-refractivity contribution in [2.45, 2.75) is 26.3 Å². The number of fused-ring (bicyclic) bond motifs is 1. The normalized spacial score (nSPS) is 11.8. The standard InChI is InChI=1S/C12H17N3O.C4H4O4/c1-7(13)6-10-12-8(2)11(16-3)5-4-9(12)14-15-10;5-3(6)1-2-4(7)8/h4-5,7H,6,13H2,1-3H3,(H,14,15);1-2H,(H,5,6)(H,7,8)/b;2-1+. The second-order valence-electron chi connectivity index (χ2n) is 5.18. The molecular weight excluding hydrogens is 314 g/mol. The van der Waals surface area contributed by atoms with Crippen LogP contribution in [0.3, 0.4) is 0 Å². The molecule has 1 heterocycles. The molecule has 0 bridgehead atoms. The molecule has 0 aliphatic carbocycles. The van der Waals surface area contributed by atoms with Gasteiger partial charge in [0.25, 0.3) is 0 Å². The molecule has 24 heavy (non-hydrogen) atoms. The molecule has 8 heteroatoms. The van der Waals surface area contributed by atoms with Crippen molar-refractivity contribution in [1.29, 1.82) is 0 Å². The number of nitrogens with two attached hydrogens (primary N) is 1. The summed E-state index contributed by atoms with van der Waals surface area (Å²) in [4.78, 5) is 19.1. The van der Waals surface area contributed by atoms with Crippen LogP contribution in [0.2, 0.25) is 0 Å². The first-order chi connectivity index (χ1) is 11.3. The third kappa shape index (κ3) is 5.40. The van der Waals surface area contributed by atoms with E-state index in [1.165, 1.54) is 0 Å². The highest BCUT2D eigenvalue weighted by atomic mass is 16.5. The van der Waals surface area contributed by atoms with Crippen molar-refractivity contribution in [1.82, 2.24) is 10.2 Å². The Morgan fingerprint density at radius 3 is 2.38 bits per heavy atom. The molecule has 1 atom stereocenters. The van der Waals surface area contributed by atoms with Gasteiger partial charge in [-0.2, -0.15) is 5.10 Å². The molecule has 0 radical (unpaired) electrons. The predicted octanol–water partition coefficient (Wildman–Crippen LogP) is 1.48. The van der Waals surface area contributed by atoms with Crippen molar-refractivity contribution < 1.29 is 24.5 Å². The van der Waals surface area contributed by atoms with Crippen molar-refractivity contribution in [2.75, 3.05) is 7.11 Å². The van der Waals surface area contributed by atoms with E-state index in [0.29, 0.717) is 12.2 Å². The van der Waals surface area contributed by atoms with Gasteiger partial charge in [0.1, 0.15) is 5.75 Å². The Labute approximate surface area is 138 Å². The molecule has 0 saturated heterocycles. The van der Waals surface area contributed by atoms with Gasteiger partial charge < -0.3 is 20.7 Å². The Morgan fingerprint density at radius 2 is 1.92 bits per heavy atom. The molecule has 2 rings (SSSR count). The number of ether oxygens (including phenoxy) is 1. The van der Waals surface area contributed by atoms with Crippen molar-refractivity contribution >= 4 is 22.8 Å². The van der Waals surface area contributed by atoms with Crippen LogP contribution in [0.5, 0.6) is 5.75 Å².